The van der Waals surface area contributed by atoms with E-state index in [1.165, 1.54) is 0 Å². The fourth-order valence-corrected chi connectivity index (χ4v) is 2.64. The van der Waals surface area contributed by atoms with Crippen LogP contribution in [0.1, 0.15) is 18.4 Å². The molecule has 0 unspecified atom stereocenters. The first kappa shape index (κ1) is 12.7. The number of aliphatic hydroxyl groups excluding tert-OH is 1. The zero-order chi connectivity index (χ0) is 13.4. The van der Waals surface area contributed by atoms with Crippen molar-refractivity contribution in [3.8, 4) is 5.75 Å². The van der Waals surface area contributed by atoms with E-state index in [1.54, 1.807) is 0 Å². The second-order valence-corrected chi connectivity index (χ2v) is 5.85. The van der Waals surface area contributed by atoms with Crippen LogP contribution in [0.4, 0.5) is 0 Å². The van der Waals surface area contributed by atoms with Crippen molar-refractivity contribution in [3.05, 3.63) is 33.8 Å². The van der Waals surface area contributed by atoms with Crippen LogP contribution in [0.2, 0.25) is 0 Å². The molecule has 1 aromatic carbocycles. The third-order valence-electron chi connectivity index (χ3n) is 3.42. The normalized spacial score (nSPS) is 24.6. The van der Waals surface area contributed by atoms with Gasteiger partial charge in [0.15, 0.2) is 0 Å². The average molecular weight is 324 g/mol. The molecule has 1 aromatic rings. The number of hydrogen-bond acceptors (Lipinski definition) is 3. The van der Waals surface area contributed by atoms with Gasteiger partial charge in [0.2, 0.25) is 0 Å². The van der Waals surface area contributed by atoms with Gasteiger partial charge >= 0.3 is 0 Å². The van der Waals surface area contributed by atoms with E-state index in [2.05, 4.69) is 21.2 Å². The lowest BCUT2D eigenvalue weighted by molar-refractivity contribution is -0.119. The average Bonchev–Trinajstić information content (AvgIpc) is 2.36. The van der Waals surface area contributed by atoms with Crippen LogP contribution >= 0.6 is 15.9 Å². The maximum absolute atomic E-state index is 12.0. The van der Waals surface area contributed by atoms with Crippen LogP contribution in [-0.2, 0) is 4.79 Å². The molecule has 1 aliphatic heterocycles. The predicted octanol–water partition coefficient (Wildman–Crippen LogP) is 1.86. The van der Waals surface area contributed by atoms with Crippen LogP contribution in [0, 0.1) is 0 Å². The van der Waals surface area contributed by atoms with E-state index in [0.717, 1.165) is 15.8 Å². The number of ether oxygens (including phenoxy) is 1. The van der Waals surface area contributed by atoms with Gasteiger partial charge in [-0.25, -0.2) is 0 Å². The summed E-state index contributed by atoms with van der Waals surface area (Å²) >= 11 is 3.40. The lowest BCUT2D eigenvalue weighted by Gasteiger charge is -2.32. The number of fused-ring (bicyclic) bond motifs is 1. The molecule has 1 saturated carbocycles. The molecule has 1 fully saturated rings. The fraction of sp³-hybridized carbons (Fsp3) is 0.357. The lowest BCUT2D eigenvalue weighted by atomic mass is 9.89. The summed E-state index contributed by atoms with van der Waals surface area (Å²) in [7, 11) is 0. The predicted molar refractivity (Wildman–Crippen MR) is 74.8 cm³/mol. The lowest BCUT2D eigenvalue weighted by Crippen LogP contribution is -2.47. The number of carbonyl (C=O) groups excluding carboxylic acids is 1. The van der Waals surface area contributed by atoms with Crippen molar-refractivity contribution in [2.75, 3.05) is 6.61 Å². The third-order valence-corrected chi connectivity index (χ3v) is 3.92. The Morgan fingerprint density at radius 2 is 2.21 bits per heavy atom. The number of aliphatic hydroxyl groups is 1. The molecule has 0 radical (unpaired) electrons. The van der Waals surface area contributed by atoms with Gasteiger partial charge in [-0.2, -0.15) is 0 Å². The van der Waals surface area contributed by atoms with Gasteiger partial charge in [0.1, 0.15) is 12.4 Å². The number of carbonyl (C=O) groups is 1. The molecular weight excluding hydrogens is 310 g/mol. The quantitative estimate of drug-likeness (QED) is 0.873. The van der Waals surface area contributed by atoms with Crippen molar-refractivity contribution < 1.29 is 14.6 Å². The summed E-state index contributed by atoms with van der Waals surface area (Å²) in [5, 5.41) is 12.1. The van der Waals surface area contributed by atoms with E-state index in [-0.39, 0.29) is 24.7 Å². The number of halogens is 1. The maximum atomic E-state index is 12.0. The SMILES string of the molecule is O=C(NC1CC(O)C1)C1=Cc2cc(Br)ccc2OC1. The molecule has 0 saturated heterocycles. The first-order valence-corrected chi connectivity index (χ1v) is 7.03. The molecule has 19 heavy (non-hydrogen) atoms. The molecule has 3 rings (SSSR count). The molecule has 0 aromatic heterocycles. The Morgan fingerprint density at radius 1 is 1.42 bits per heavy atom. The van der Waals surface area contributed by atoms with Gasteiger partial charge in [-0.05, 0) is 37.1 Å². The smallest absolute Gasteiger partial charge is 0.250 e. The highest BCUT2D eigenvalue weighted by atomic mass is 79.9. The van der Waals surface area contributed by atoms with E-state index in [0.29, 0.717) is 18.4 Å². The zero-order valence-corrected chi connectivity index (χ0v) is 11.8. The van der Waals surface area contributed by atoms with E-state index >= 15 is 0 Å². The monoisotopic (exact) mass is 323 g/mol. The first-order chi connectivity index (χ1) is 9.11. The van der Waals surface area contributed by atoms with Crippen molar-refractivity contribution >= 4 is 27.9 Å². The first-order valence-electron chi connectivity index (χ1n) is 6.23. The number of rotatable bonds is 2. The standard InChI is InChI=1S/C14H14BrNO3/c15-10-1-2-13-8(4-10)3-9(7-19-13)14(18)16-11-5-12(17)6-11/h1-4,11-12,17H,5-7H2,(H,16,18). The Hall–Kier alpha value is -1.33. The molecule has 100 valence electrons. The highest BCUT2D eigenvalue weighted by molar-refractivity contribution is 9.10. The van der Waals surface area contributed by atoms with Gasteiger partial charge < -0.3 is 15.2 Å². The maximum Gasteiger partial charge on any atom is 0.250 e. The molecular formula is C14H14BrNO3. The molecule has 4 nitrogen and oxygen atoms in total. The summed E-state index contributed by atoms with van der Waals surface area (Å²) in [6.45, 7) is 0.287. The van der Waals surface area contributed by atoms with Crippen LogP contribution in [0.3, 0.4) is 0 Å². The molecule has 1 amide bonds. The summed E-state index contributed by atoms with van der Waals surface area (Å²) in [6, 6.07) is 5.81. The topological polar surface area (TPSA) is 58.6 Å². The van der Waals surface area contributed by atoms with Crippen molar-refractivity contribution in [3.63, 3.8) is 0 Å². The minimum absolute atomic E-state index is 0.0901. The summed E-state index contributed by atoms with van der Waals surface area (Å²) in [5.41, 5.74) is 1.52. The van der Waals surface area contributed by atoms with Crippen LogP contribution in [0.15, 0.2) is 28.2 Å². The molecule has 0 bridgehead atoms. The minimum atomic E-state index is -0.265. The van der Waals surface area contributed by atoms with Gasteiger partial charge in [-0.1, -0.05) is 15.9 Å². The molecule has 2 aliphatic rings. The summed E-state index contributed by atoms with van der Waals surface area (Å²) in [5.74, 6) is 0.682. The van der Waals surface area contributed by atoms with E-state index in [1.807, 2.05) is 24.3 Å². The molecule has 0 spiro atoms. The molecule has 1 aliphatic carbocycles. The van der Waals surface area contributed by atoms with Crippen molar-refractivity contribution in [2.24, 2.45) is 0 Å². The van der Waals surface area contributed by atoms with Crippen molar-refractivity contribution in [1.29, 1.82) is 0 Å². The summed E-state index contributed by atoms with van der Waals surface area (Å²) < 4.78 is 6.52. The highest BCUT2D eigenvalue weighted by Crippen LogP contribution is 2.29. The van der Waals surface area contributed by atoms with Crippen molar-refractivity contribution in [2.45, 2.75) is 25.0 Å². The van der Waals surface area contributed by atoms with Gasteiger partial charge in [0, 0.05) is 16.1 Å². The van der Waals surface area contributed by atoms with E-state index < -0.39 is 0 Å². The number of benzene rings is 1. The molecule has 1 heterocycles. The largest absolute Gasteiger partial charge is 0.488 e. The second kappa shape index (κ2) is 4.98. The summed E-state index contributed by atoms with van der Waals surface area (Å²) in [6.07, 6.45) is 2.87. The molecule has 5 heteroatoms. The highest BCUT2D eigenvalue weighted by Gasteiger charge is 2.29. The fourth-order valence-electron chi connectivity index (χ4n) is 2.26. The number of nitrogens with one attached hydrogen (secondary N) is 1. The van der Waals surface area contributed by atoms with Crippen molar-refractivity contribution in [1.82, 2.24) is 5.32 Å². The Kier molecular flexibility index (Phi) is 3.33. The third kappa shape index (κ3) is 2.67. The van der Waals surface area contributed by atoms with Crippen LogP contribution in [-0.4, -0.2) is 29.8 Å². The van der Waals surface area contributed by atoms with Gasteiger partial charge in [-0.3, -0.25) is 4.79 Å². The Bertz CT molecular complexity index is 550. The zero-order valence-electron chi connectivity index (χ0n) is 10.2. The summed E-state index contributed by atoms with van der Waals surface area (Å²) in [4.78, 5) is 12.0. The molecule has 0 atom stereocenters. The second-order valence-electron chi connectivity index (χ2n) is 4.94. The van der Waals surface area contributed by atoms with Crippen LogP contribution in [0.25, 0.3) is 6.08 Å². The number of hydrogen-bond donors (Lipinski definition) is 2. The van der Waals surface area contributed by atoms with E-state index in [9.17, 15) is 9.90 Å². The van der Waals surface area contributed by atoms with Gasteiger partial charge in [0.25, 0.3) is 5.91 Å². The van der Waals surface area contributed by atoms with E-state index in [4.69, 9.17) is 4.74 Å². The Labute approximate surface area is 119 Å². The molecule has 2 N–H and O–H groups in total. The van der Waals surface area contributed by atoms with Gasteiger partial charge in [0.05, 0.1) is 11.7 Å². The van der Waals surface area contributed by atoms with Crippen LogP contribution in [0.5, 0.6) is 5.75 Å². The van der Waals surface area contributed by atoms with Crippen LogP contribution < -0.4 is 10.1 Å². The Morgan fingerprint density at radius 3 is 2.95 bits per heavy atom. The van der Waals surface area contributed by atoms with Gasteiger partial charge in [-0.15, -0.1) is 0 Å². The Balaban J connectivity index is 1.73. The minimum Gasteiger partial charge on any atom is -0.488 e. The number of amides is 1.